The molecule has 1 aliphatic carbocycles. The minimum atomic E-state index is 0.259. The Kier molecular flexibility index (Phi) is 3.37. The third-order valence-corrected chi connectivity index (χ3v) is 5.51. The van der Waals surface area contributed by atoms with Crippen molar-refractivity contribution in [2.45, 2.75) is 31.3 Å². The van der Waals surface area contributed by atoms with Gasteiger partial charge in [0.25, 0.3) is 0 Å². The molecule has 0 spiro atoms. The van der Waals surface area contributed by atoms with Gasteiger partial charge in [0.2, 0.25) is 0 Å². The van der Waals surface area contributed by atoms with Crippen LogP contribution < -0.4 is 5.73 Å². The van der Waals surface area contributed by atoms with Gasteiger partial charge >= 0.3 is 0 Å². The molecule has 1 saturated carbocycles. The Morgan fingerprint density at radius 2 is 2.24 bits per heavy atom. The van der Waals surface area contributed by atoms with Gasteiger partial charge < -0.3 is 5.73 Å². The van der Waals surface area contributed by atoms with Gasteiger partial charge in [0.05, 0.1) is 5.52 Å². The van der Waals surface area contributed by atoms with Crippen LogP contribution in [0.15, 0.2) is 30.5 Å². The first-order chi connectivity index (χ1) is 10.3. The molecule has 110 valence electrons. The van der Waals surface area contributed by atoms with Crippen molar-refractivity contribution >= 4 is 22.5 Å². The van der Waals surface area contributed by atoms with Gasteiger partial charge in [-0.3, -0.25) is 9.88 Å². The van der Waals surface area contributed by atoms with Crippen molar-refractivity contribution in [2.75, 3.05) is 13.1 Å². The van der Waals surface area contributed by atoms with Crippen LogP contribution in [0.1, 0.15) is 30.9 Å². The Hall–Kier alpha value is -1.16. The molecule has 2 fully saturated rings. The van der Waals surface area contributed by atoms with Crippen molar-refractivity contribution in [3.63, 3.8) is 0 Å². The number of hydrogen-bond acceptors (Lipinski definition) is 3. The summed E-state index contributed by atoms with van der Waals surface area (Å²) < 4.78 is 0. The van der Waals surface area contributed by atoms with Gasteiger partial charge in [0.15, 0.2) is 0 Å². The monoisotopic (exact) mass is 301 g/mol. The lowest BCUT2D eigenvalue weighted by atomic mass is 9.99. The highest BCUT2D eigenvalue weighted by Crippen LogP contribution is 2.43. The molecule has 3 unspecified atom stereocenters. The molecule has 1 aromatic heterocycles. The van der Waals surface area contributed by atoms with Crippen LogP contribution in [-0.2, 0) is 0 Å². The summed E-state index contributed by atoms with van der Waals surface area (Å²) in [7, 11) is 0. The van der Waals surface area contributed by atoms with Crippen LogP contribution in [0.4, 0.5) is 0 Å². The number of pyridine rings is 1. The summed E-state index contributed by atoms with van der Waals surface area (Å²) in [5.74, 6) is 0.871. The maximum absolute atomic E-state index is 6.31. The second kappa shape index (κ2) is 5.24. The summed E-state index contributed by atoms with van der Waals surface area (Å²) in [6, 6.07) is 9.04. The normalized spacial score (nSPS) is 26.6. The smallest absolute Gasteiger partial charge is 0.0765 e. The molecule has 2 aromatic rings. The van der Waals surface area contributed by atoms with Crippen LogP contribution in [-0.4, -0.2) is 29.0 Å². The molecule has 1 aromatic carbocycles. The highest BCUT2D eigenvalue weighted by molar-refractivity contribution is 6.35. The van der Waals surface area contributed by atoms with E-state index >= 15 is 0 Å². The Bertz CT molecular complexity index is 672. The first kappa shape index (κ1) is 13.5. The average molecular weight is 302 g/mol. The third-order valence-electron chi connectivity index (χ3n) is 5.18. The van der Waals surface area contributed by atoms with E-state index in [1.165, 1.54) is 31.4 Å². The molecule has 4 rings (SSSR count). The van der Waals surface area contributed by atoms with E-state index in [-0.39, 0.29) is 6.04 Å². The van der Waals surface area contributed by atoms with Gasteiger partial charge in [-0.15, -0.1) is 0 Å². The highest BCUT2D eigenvalue weighted by atomic mass is 35.5. The minimum Gasteiger partial charge on any atom is -0.329 e. The molecule has 0 amide bonds. The third kappa shape index (κ3) is 2.15. The van der Waals surface area contributed by atoms with Crippen molar-refractivity contribution in [1.82, 2.24) is 9.88 Å². The molecule has 0 radical (unpaired) electrons. The van der Waals surface area contributed by atoms with Crippen LogP contribution in [0.3, 0.4) is 0 Å². The number of hydrogen-bond donors (Lipinski definition) is 1. The summed E-state index contributed by atoms with van der Waals surface area (Å²) in [6.45, 7) is 1.82. The van der Waals surface area contributed by atoms with Crippen molar-refractivity contribution in [3.8, 4) is 0 Å². The molecular weight excluding hydrogens is 282 g/mol. The zero-order valence-electron chi connectivity index (χ0n) is 12.0. The lowest BCUT2D eigenvalue weighted by molar-refractivity contribution is 0.154. The van der Waals surface area contributed by atoms with Crippen LogP contribution in [0, 0.1) is 5.92 Å². The van der Waals surface area contributed by atoms with Crippen LogP contribution in [0.2, 0.25) is 5.02 Å². The lowest BCUT2D eigenvalue weighted by Gasteiger charge is -2.35. The Morgan fingerprint density at radius 1 is 1.33 bits per heavy atom. The van der Waals surface area contributed by atoms with Gasteiger partial charge in [0.1, 0.15) is 0 Å². The number of halogens is 1. The largest absolute Gasteiger partial charge is 0.329 e. The summed E-state index contributed by atoms with van der Waals surface area (Å²) in [5.41, 5.74) is 8.37. The zero-order valence-corrected chi connectivity index (χ0v) is 12.8. The van der Waals surface area contributed by atoms with E-state index in [0.717, 1.165) is 21.8 Å². The maximum Gasteiger partial charge on any atom is 0.0765 e. The van der Waals surface area contributed by atoms with Crippen LogP contribution in [0.25, 0.3) is 10.9 Å². The van der Waals surface area contributed by atoms with E-state index in [0.29, 0.717) is 12.6 Å². The van der Waals surface area contributed by atoms with Gasteiger partial charge in [-0.2, -0.15) is 0 Å². The zero-order chi connectivity index (χ0) is 14.4. The molecule has 2 aliphatic rings. The van der Waals surface area contributed by atoms with Crippen molar-refractivity contribution in [2.24, 2.45) is 11.7 Å². The number of nitrogens with two attached hydrogens (primary N) is 1. The van der Waals surface area contributed by atoms with Crippen molar-refractivity contribution < 1.29 is 0 Å². The van der Waals surface area contributed by atoms with Gasteiger partial charge in [-0.25, -0.2) is 0 Å². The first-order valence-electron chi connectivity index (χ1n) is 7.77. The Balaban J connectivity index is 1.79. The van der Waals surface area contributed by atoms with Gasteiger partial charge in [-0.1, -0.05) is 17.7 Å². The molecule has 1 saturated heterocycles. The molecule has 2 bridgehead atoms. The summed E-state index contributed by atoms with van der Waals surface area (Å²) in [4.78, 5) is 7.18. The summed E-state index contributed by atoms with van der Waals surface area (Å²) >= 11 is 6.31. The van der Waals surface area contributed by atoms with E-state index in [1.807, 2.05) is 24.4 Å². The number of benzene rings is 1. The number of piperidine rings is 1. The molecule has 2 N–H and O–H groups in total. The molecule has 21 heavy (non-hydrogen) atoms. The Labute approximate surface area is 130 Å². The maximum atomic E-state index is 6.31. The Morgan fingerprint density at radius 3 is 2.95 bits per heavy atom. The standard InChI is InChI=1S/C17H20ClN3/c18-15-6-5-14(17-13(15)2-1-7-20-17)16(9-19)21-10-11-3-4-12(21)8-11/h1-2,5-7,11-12,16H,3-4,8-10,19H2. The number of likely N-dealkylation sites (tertiary alicyclic amines) is 1. The molecule has 4 heteroatoms. The van der Waals surface area contributed by atoms with E-state index in [9.17, 15) is 0 Å². The molecular formula is C17H20ClN3. The molecule has 2 heterocycles. The van der Waals surface area contributed by atoms with E-state index < -0.39 is 0 Å². The predicted octanol–water partition coefficient (Wildman–Crippen LogP) is 3.37. The highest BCUT2D eigenvalue weighted by Gasteiger charge is 2.41. The molecule has 3 atom stereocenters. The van der Waals surface area contributed by atoms with E-state index in [4.69, 9.17) is 17.3 Å². The second-order valence-corrected chi connectivity index (χ2v) is 6.72. The lowest BCUT2D eigenvalue weighted by Crippen LogP contribution is -2.39. The fourth-order valence-electron chi connectivity index (χ4n) is 4.21. The van der Waals surface area contributed by atoms with Gasteiger partial charge in [-0.05, 0) is 48.9 Å². The van der Waals surface area contributed by atoms with E-state index in [2.05, 4.69) is 16.0 Å². The SMILES string of the molecule is NCC(c1ccc(Cl)c2cccnc12)N1CC2CCC1C2. The number of fused-ring (bicyclic) bond motifs is 3. The fourth-order valence-corrected chi connectivity index (χ4v) is 4.43. The van der Waals surface area contributed by atoms with Crippen molar-refractivity contribution in [3.05, 3.63) is 41.0 Å². The number of nitrogens with zero attached hydrogens (tertiary/aromatic N) is 2. The van der Waals surface area contributed by atoms with E-state index in [1.54, 1.807) is 0 Å². The summed E-state index contributed by atoms with van der Waals surface area (Å²) in [5, 5.41) is 1.79. The molecule has 1 aliphatic heterocycles. The van der Waals surface area contributed by atoms with Crippen LogP contribution in [0.5, 0.6) is 0 Å². The predicted molar refractivity (Wildman–Crippen MR) is 86.4 cm³/mol. The average Bonchev–Trinajstić information content (AvgIpc) is 3.14. The first-order valence-corrected chi connectivity index (χ1v) is 8.14. The molecule has 3 nitrogen and oxygen atoms in total. The van der Waals surface area contributed by atoms with Gasteiger partial charge in [0, 0.05) is 41.8 Å². The fraction of sp³-hybridized carbons (Fsp3) is 0.471. The topological polar surface area (TPSA) is 42.1 Å². The second-order valence-electron chi connectivity index (χ2n) is 6.32. The van der Waals surface area contributed by atoms with Crippen LogP contribution >= 0.6 is 11.6 Å². The quantitative estimate of drug-likeness (QED) is 0.945. The minimum absolute atomic E-state index is 0.259. The number of aromatic nitrogens is 1. The van der Waals surface area contributed by atoms with Crippen molar-refractivity contribution in [1.29, 1.82) is 0 Å². The summed E-state index contributed by atoms with van der Waals surface area (Å²) in [6.07, 6.45) is 5.89. The number of rotatable bonds is 3.